The Labute approximate surface area is 202 Å². The minimum Gasteiger partial charge on any atom is -0.317 e. The molecule has 1 N–H and O–H groups in total. The molecule has 33 heavy (non-hydrogen) atoms. The second kappa shape index (κ2) is 14.6. The topological polar surface area (TPSA) is 24.9 Å². The summed E-state index contributed by atoms with van der Waals surface area (Å²) in [6.07, 6.45) is 16.3. The van der Waals surface area contributed by atoms with Crippen molar-refractivity contribution in [1.29, 1.82) is 0 Å². The molecule has 1 fully saturated rings. The third kappa shape index (κ3) is 7.54. The van der Waals surface area contributed by atoms with Gasteiger partial charge >= 0.3 is 0 Å². The van der Waals surface area contributed by atoms with Gasteiger partial charge in [0.25, 0.3) is 0 Å². The summed E-state index contributed by atoms with van der Waals surface area (Å²) in [5.74, 6) is 1.09. The molecule has 2 nitrogen and oxygen atoms in total. The van der Waals surface area contributed by atoms with E-state index in [1.165, 1.54) is 59.2 Å². The summed E-state index contributed by atoms with van der Waals surface area (Å²) in [6.45, 7) is 16.0. The van der Waals surface area contributed by atoms with Gasteiger partial charge in [0.1, 0.15) is 0 Å². The first-order valence-electron chi connectivity index (χ1n) is 12.7. The van der Waals surface area contributed by atoms with E-state index in [-0.39, 0.29) is 0 Å². The fourth-order valence-electron chi connectivity index (χ4n) is 4.68. The standard InChI is InChI=1S/C24H30N2.C4H8.C3H6/c1-3-4-6-19-16-20-15-17(2)8-9-21(20)23(18-10-13-25-14-11-18)24-22(19)7-5-12-26-24;1-3-4-2;1-3-2/h5,7-9,12,15-16,18,23,25H,3-4,6,10-11,13-14H2,1-2H3;3-4H,1-2H3;3H,1H2,2H3/b;4-3-;. The minimum absolute atomic E-state index is 0.416. The molecule has 2 heteroatoms. The summed E-state index contributed by atoms with van der Waals surface area (Å²) in [4.78, 5) is 4.95. The normalized spacial score (nSPS) is 17.4. The van der Waals surface area contributed by atoms with Crippen LogP contribution in [0.3, 0.4) is 0 Å². The monoisotopic (exact) mass is 444 g/mol. The number of nitrogens with zero attached hydrogens (tertiary/aromatic N) is 1. The van der Waals surface area contributed by atoms with E-state index < -0.39 is 0 Å². The van der Waals surface area contributed by atoms with E-state index in [1.54, 1.807) is 6.08 Å². The van der Waals surface area contributed by atoms with Crippen LogP contribution in [0.15, 0.2) is 61.3 Å². The van der Waals surface area contributed by atoms with Gasteiger partial charge in [-0.2, -0.15) is 0 Å². The summed E-state index contributed by atoms with van der Waals surface area (Å²) in [7, 11) is 0. The Balaban J connectivity index is 0.000000489. The van der Waals surface area contributed by atoms with E-state index in [2.05, 4.69) is 62.2 Å². The number of piperidine rings is 1. The number of unbranched alkanes of at least 4 members (excludes halogenated alkanes) is 1. The van der Waals surface area contributed by atoms with Gasteiger partial charge in [0.15, 0.2) is 0 Å². The molecule has 1 atom stereocenters. The van der Waals surface area contributed by atoms with Crippen molar-refractivity contribution in [2.75, 3.05) is 13.1 Å². The maximum absolute atomic E-state index is 4.95. The lowest BCUT2D eigenvalue weighted by Crippen LogP contribution is -2.32. The van der Waals surface area contributed by atoms with E-state index >= 15 is 0 Å². The van der Waals surface area contributed by atoms with Crippen molar-refractivity contribution in [3.63, 3.8) is 0 Å². The molecule has 2 aromatic rings. The third-order valence-corrected chi connectivity index (χ3v) is 6.37. The number of pyridine rings is 1. The molecule has 2 heterocycles. The number of hydrogen-bond donors (Lipinski definition) is 1. The Morgan fingerprint density at radius 2 is 1.79 bits per heavy atom. The lowest BCUT2D eigenvalue weighted by molar-refractivity contribution is 0.339. The van der Waals surface area contributed by atoms with Crippen LogP contribution in [-0.4, -0.2) is 18.1 Å². The molecule has 0 bridgehead atoms. The summed E-state index contributed by atoms with van der Waals surface area (Å²) < 4.78 is 0. The van der Waals surface area contributed by atoms with Crippen LogP contribution in [-0.2, 0) is 0 Å². The van der Waals surface area contributed by atoms with Crippen molar-refractivity contribution >= 4 is 11.6 Å². The molecule has 1 unspecified atom stereocenters. The zero-order valence-corrected chi connectivity index (χ0v) is 21.5. The first-order chi connectivity index (χ1) is 16.1. The Morgan fingerprint density at radius 1 is 1.09 bits per heavy atom. The zero-order chi connectivity index (χ0) is 24.1. The molecule has 1 aromatic carbocycles. The van der Waals surface area contributed by atoms with Crippen LogP contribution in [0.25, 0.3) is 11.6 Å². The largest absolute Gasteiger partial charge is 0.317 e. The summed E-state index contributed by atoms with van der Waals surface area (Å²) in [5, 5.41) is 3.53. The molecule has 1 aliphatic carbocycles. The maximum Gasteiger partial charge on any atom is 0.0556 e. The SMILES string of the molecule is C/C=C\C.C=CC.CCCCC1=Cc2cc(C)ccc2C(C2CCNCC2)c2ncccc21. The van der Waals surface area contributed by atoms with Crippen molar-refractivity contribution in [2.45, 2.75) is 72.6 Å². The van der Waals surface area contributed by atoms with Crippen LogP contribution in [0.5, 0.6) is 0 Å². The van der Waals surface area contributed by atoms with Crippen molar-refractivity contribution in [1.82, 2.24) is 10.3 Å². The van der Waals surface area contributed by atoms with E-state index in [0.717, 1.165) is 19.5 Å². The maximum atomic E-state index is 4.95. The number of aromatic nitrogens is 1. The average molecular weight is 445 g/mol. The van der Waals surface area contributed by atoms with E-state index in [9.17, 15) is 0 Å². The van der Waals surface area contributed by atoms with E-state index in [4.69, 9.17) is 4.98 Å². The van der Waals surface area contributed by atoms with Crippen LogP contribution in [0.2, 0.25) is 0 Å². The fourth-order valence-corrected chi connectivity index (χ4v) is 4.68. The van der Waals surface area contributed by atoms with E-state index in [0.29, 0.717) is 11.8 Å². The number of rotatable bonds is 4. The number of aryl methyl sites for hydroxylation is 1. The summed E-state index contributed by atoms with van der Waals surface area (Å²) in [5.41, 5.74) is 8.41. The molecule has 1 aliphatic heterocycles. The van der Waals surface area contributed by atoms with Gasteiger partial charge in [-0.1, -0.05) is 67.5 Å². The van der Waals surface area contributed by atoms with Crippen molar-refractivity contribution in [3.05, 3.63) is 89.3 Å². The van der Waals surface area contributed by atoms with Gasteiger partial charge in [0.2, 0.25) is 0 Å². The van der Waals surface area contributed by atoms with Gasteiger partial charge in [0.05, 0.1) is 5.69 Å². The predicted molar refractivity (Wildman–Crippen MR) is 147 cm³/mol. The van der Waals surface area contributed by atoms with Crippen LogP contribution in [0.1, 0.15) is 93.7 Å². The Kier molecular flexibility index (Phi) is 11.9. The highest BCUT2D eigenvalue weighted by Gasteiger charge is 2.32. The van der Waals surface area contributed by atoms with Gasteiger partial charge < -0.3 is 5.32 Å². The molecule has 0 spiro atoms. The van der Waals surface area contributed by atoms with Crippen LogP contribution < -0.4 is 5.32 Å². The number of benzene rings is 1. The molecular formula is C31H44N2. The average Bonchev–Trinajstić information content (AvgIpc) is 2.98. The number of hydrogen-bond acceptors (Lipinski definition) is 2. The first-order valence-corrected chi connectivity index (χ1v) is 12.7. The first kappa shape index (κ1) is 26.8. The fraction of sp³-hybridized carbons (Fsp3) is 0.452. The quantitative estimate of drug-likeness (QED) is 0.479. The molecule has 4 rings (SSSR count). The Hall–Kier alpha value is -2.45. The van der Waals surface area contributed by atoms with Crippen LogP contribution >= 0.6 is 0 Å². The van der Waals surface area contributed by atoms with Crippen LogP contribution in [0.4, 0.5) is 0 Å². The van der Waals surface area contributed by atoms with Gasteiger partial charge in [-0.25, -0.2) is 0 Å². The van der Waals surface area contributed by atoms with Gasteiger partial charge in [0, 0.05) is 12.1 Å². The lowest BCUT2D eigenvalue weighted by atomic mass is 9.76. The Morgan fingerprint density at radius 3 is 2.42 bits per heavy atom. The minimum atomic E-state index is 0.416. The molecule has 0 radical (unpaired) electrons. The van der Waals surface area contributed by atoms with Crippen molar-refractivity contribution in [2.24, 2.45) is 5.92 Å². The summed E-state index contributed by atoms with van der Waals surface area (Å²) >= 11 is 0. The van der Waals surface area contributed by atoms with Crippen molar-refractivity contribution in [3.8, 4) is 0 Å². The number of nitrogens with one attached hydrogen (secondary N) is 1. The second-order valence-electron chi connectivity index (χ2n) is 8.98. The van der Waals surface area contributed by atoms with Gasteiger partial charge in [-0.05, 0) is 101 Å². The highest BCUT2D eigenvalue weighted by molar-refractivity contribution is 5.85. The molecule has 2 aliphatic rings. The summed E-state index contributed by atoms with van der Waals surface area (Å²) in [6, 6.07) is 11.4. The highest BCUT2D eigenvalue weighted by Crippen LogP contribution is 2.44. The van der Waals surface area contributed by atoms with Crippen LogP contribution in [0, 0.1) is 12.8 Å². The molecule has 0 amide bonds. The lowest BCUT2D eigenvalue weighted by Gasteiger charge is -2.32. The third-order valence-electron chi connectivity index (χ3n) is 6.37. The van der Waals surface area contributed by atoms with Gasteiger partial charge in [-0.15, -0.1) is 6.58 Å². The molecule has 1 aromatic heterocycles. The predicted octanol–water partition coefficient (Wildman–Crippen LogP) is 8.34. The van der Waals surface area contributed by atoms with Gasteiger partial charge in [-0.3, -0.25) is 4.98 Å². The highest BCUT2D eigenvalue weighted by atomic mass is 14.9. The smallest absolute Gasteiger partial charge is 0.0556 e. The molecule has 178 valence electrons. The molecular weight excluding hydrogens is 400 g/mol. The number of fused-ring (bicyclic) bond motifs is 2. The molecule has 0 saturated carbocycles. The molecule has 1 saturated heterocycles. The van der Waals surface area contributed by atoms with Crippen molar-refractivity contribution < 1.29 is 0 Å². The van der Waals surface area contributed by atoms with E-state index in [1.807, 2.05) is 39.1 Å². The Bertz CT molecular complexity index is 912. The second-order valence-corrected chi connectivity index (χ2v) is 8.98. The zero-order valence-electron chi connectivity index (χ0n) is 21.5. The number of allylic oxidation sites excluding steroid dienone is 4.